The maximum Gasteiger partial charge on any atom is 0.224 e. The predicted octanol–water partition coefficient (Wildman–Crippen LogP) is 3.69. The normalized spacial score (nSPS) is 10.3. The molecule has 0 radical (unpaired) electrons. The molecule has 0 saturated carbocycles. The van der Waals surface area contributed by atoms with Gasteiger partial charge in [-0.15, -0.1) is 0 Å². The Labute approximate surface area is 112 Å². The number of aromatic nitrogens is 2. The summed E-state index contributed by atoms with van der Waals surface area (Å²) in [6.07, 6.45) is 1.97. The Morgan fingerprint density at radius 3 is 2.67 bits per heavy atom. The quantitative estimate of drug-likeness (QED) is 0.834. The molecule has 0 spiro atoms. The molecule has 0 aliphatic heterocycles. The number of nitrogens with one attached hydrogen (secondary N) is 1. The number of benzene rings is 1. The Balaban J connectivity index is 2.05. The Bertz CT molecular complexity index is 500. The number of anilines is 1. The highest BCUT2D eigenvalue weighted by Crippen LogP contribution is 2.13. The third-order valence-corrected chi connectivity index (χ3v) is 2.74. The van der Waals surface area contributed by atoms with Crippen molar-refractivity contribution in [3.63, 3.8) is 0 Å². The van der Waals surface area contributed by atoms with Crippen molar-refractivity contribution in [1.82, 2.24) is 9.97 Å². The summed E-state index contributed by atoms with van der Waals surface area (Å²) in [7, 11) is 0. The van der Waals surface area contributed by atoms with Crippen LogP contribution >= 0.6 is 11.6 Å². The summed E-state index contributed by atoms with van der Waals surface area (Å²) in [6.45, 7) is 2.85. The third-order valence-electron chi connectivity index (χ3n) is 2.57. The zero-order valence-corrected chi connectivity index (χ0v) is 11.1. The molecule has 0 amide bonds. The minimum atomic E-state index is 0.302. The molecule has 0 saturated heterocycles. The summed E-state index contributed by atoms with van der Waals surface area (Å²) in [4.78, 5) is 8.37. The first-order valence-corrected chi connectivity index (χ1v) is 6.47. The molecule has 1 N–H and O–H groups in total. The van der Waals surface area contributed by atoms with Crippen LogP contribution in [0.5, 0.6) is 0 Å². The second kappa shape index (κ2) is 6.36. The zero-order valence-electron chi connectivity index (χ0n) is 10.4. The van der Waals surface area contributed by atoms with Gasteiger partial charge >= 0.3 is 0 Å². The van der Waals surface area contributed by atoms with E-state index in [2.05, 4.69) is 34.3 Å². The number of hydrogen-bond donors (Lipinski definition) is 1. The molecule has 4 heteroatoms. The van der Waals surface area contributed by atoms with E-state index in [0.717, 1.165) is 30.9 Å². The lowest BCUT2D eigenvalue weighted by Crippen LogP contribution is -2.03. The molecule has 2 rings (SSSR count). The maximum absolute atomic E-state index is 5.91. The van der Waals surface area contributed by atoms with Crippen LogP contribution in [0.3, 0.4) is 0 Å². The Hall–Kier alpha value is -1.61. The molecular formula is C14H16ClN3. The van der Waals surface area contributed by atoms with Crippen LogP contribution in [0.15, 0.2) is 36.4 Å². The van der Waals surface area contributed by atoms with Gasteiger partial charge in [0, 0.05) is 18.3 Å². The van der Waals surface area contributed by atoms with Crippen LogP contribution in [0.1, 0.15) is 24.6 Å². The summed E-state index contributed by atoms with van der Waals surface area (Å²) in [5, 5.41) is 3.57. The molecule has 1 heterocycles. The first kappa shape index (κ1) is 12.8. The van der Waals surface area contributed by atoms with Crippen LogP contribution in [0.4, 0.5) is 5.82 Å². The van der Waals surface area contributed by atoms with Gasteiger partial charge in [0.2, 0.25) is 5.28 Å². The molecule has 1 aromatic carbocycles. The molecule has 0 fully saturated rings. The maximum atomic E-state index is 5.91. The van der Waals surface area contributed by atoms with Gasteiger partial charge in [-0.3, -0.25) is 0 Å². The summed E-state index contributed by atoms with van der Waals surface area (Å²) in [5.74, 6) is 0.780. The lowest BCUT2D eigenvalue weighted by molar-refractivity contribution is 0.871. The van der Waals surface area contributed by atoms with Crippen molar-refractivity contribution in [2.75, 3.05) is 5.32 Å². The minimum absolute atomic E-state index is 0.302. The second-order valence-corrected chi connectivity index (χ2v) is 4.44. The van der Waals surface area contributed by atoms with Crippen LogP contribution in [0.2, 0.25) is 5.28 Å². The minimum Gasteiger partial charge on any atom is -0.366 e. The van der Waals surface area contributed by atoms with Gasteiger partial charge in [0.25, 0.3) is 0 Å². The zero-order chi connectivity index (χ0) is 12.8. The topological polar surface area (TPSA) is 37.8 Å². The first-order valence-electron chi connectivity index (χ1n) is 6.09. The van der Waals surface area contributed by atoms with Crippen molar-refractivity contribution in [2.45, 2.75) is 26.3 Å². The van der Waals surface area contributed by atoms with E-state index < -0.39 is 0 Å². The predicted molar refractivity (Wildman–Crippen MR) is 74.8 cm³/mol. The SMILES string of the molecule is CCCc1cc(NCc2ccccc2)nc(Cl)n1. The lowest BCUT2D eigenvalue weighted by atomic mass is 10.2. The van der Waals surface area contributed by atoms with Gasteiger partial charge in [0.05, 0.1) is 0 Å². The molecule has 18 heavy (non-hydrogen) atoms. The van der Waals surface area contributed by atoms with E-state index in [4.69, 9.17) is 11.6 Å². The fraction of sp³-hybridized carbons (Fsp3) is 0.286. The van der Waals surface area contributed by atoms with Crippen molar-refractivity contribution < 1.29 is 0 Å². The van der Waals surface area contributed by atoms with Gasteiger partial charge in [-0.05, 0) is 23.6 Å². The van der Waals surface area contributed by atoms with E-state index in [0.29, 0.717) is 5.28 Å². The van der Waals surface area contributed by atoms with Crippen LogP contribution in [-0.4, -0.2) is 9.97 Å². The van der Waals surface area contributed by atoms with Gasteiger partial charge in [-0.25, -0.2) is 9.97 Å². The van der Waals surface area contributed by atoms with Crippen molar-refractivity contribution in [3.8, 4) is 0 Å². The molecule has 3 nitrogen and oxygen atoms in total. The monoisotopic (exact) mass is 261 g/mol. The highest BCUT2D eigenvalue weighted by Gasteiger charge is 2.02. The van der Waals surface area contributed by atoms with Crippen molar-refractivity contribution in [1.29, 1.82) is 0 Å². The van der Waals surface area contributed by atoms with Crippen LogP contribution < -0.4 is 5.32 Å². The Kier molecular flexibility index (Phi) is 4.53. The molecule has 0 aliphatic carbocycles. The van der Waals surface area contributed by atoms with E-state index in [9.17, 15) is 0 Å². The highest BCUT2D eigenvalue weighted by atomic mass is 35.5. The van der Waals surface area contributed by atoms with Gasteiger partial charge in [-0.2, -0.15) is 0 Å². The van der Waals surface area contributed by atoms with Crippen molar-refractivity contribution in [2.24, 2.45) is 0 Å². The Morgan fingerprint density at radius 2 is 1.94 bits per heavy atom. The van der Waals surface area contributed by atoms with Crippen LogP contribution in [0.25, 0.3) is 0 Å². The number of nitrogens with zero attached hydrogens (tertiary/aromatic N) is 2. The van der Waals surface area contributed by atoms with Gasteiger partial charge in [0.1, 0.15) is 5.82 Å². The van der Waals surface area contributed by atoms with E-state index in [-0.39, 0.29) is 0 Å². The fourth-order valence-electron chi connectivity index (χ4n) is 1.73. The van der Waals surface area contributed by atoms with Crippen LogP contribution in [0, 0.1) is 0 Å². The molecule has 94 valence electrons. The standard InChI is InChI=1S/C14H16ClN3/c1-2-6-12-9-13(18-14(15)17-12)16-10-11-7-4-3-5-8-11/h3-5,7-9H,2,6,10H2,1H3,(H,16,17,18). The van der Waals surface area contributed by atoms with Gasteiger partial charge < -0.3 is 5.32 Å². The summed E-state index contributed by atoms with van der Waals surface area (Å²) < 4.78 is 0. The molecular weight excluding hydrogens is 246 g/mol. The largest absolute Gasteiger partial charge is 0.366 e. The molecule has 0 bridgehead atoms. The summed E-state index contributed by atoms with van der Waals surface area (Å²) >= 11 is 5.91. The molecule has 2 aromatic rings. The number of hydrogen-bond acceptors (Lipinski definition) is 3. The second-order valence-electron chi connectivity index (χ2n) is 4.10. The molecule has 0 atom stereocenters. The average Bonchev–Trinajstić information content (AvgIpc) is 2.37. The third kappa shape index (κ3) is 3.70. The number of aryl methyl sites for hydroxylation is 1. The van der Waals surface area contributed by atoms with Crippen LogP contribution in [-0.2, 0) is 13.0 Å². The highest BCUT2D eigenvalue weighted by molar-refractivity contribution is 6.28. The van der Waals surface area contributed by atoms with E-state index in [1.165, 1.54) is 5.56 Å². The van der Waals surface area contributed by atoms with E-state index >= 15 is 0 Å². The first-order chi connectivity index (χ1) is 8.78. The van der Waals surface area contributed by atoms with E-state index in [1.54, 1.807) is 0 Å². The van der Waals surface area contributed by atoms with Crippen molar-refractivity contribution >= 4 is 17.4 Å². The van der Waals surface area contributed by atoms with E-state index in [1.807, 2.05) is 24.3 Å². The average molecular weight is 262 g/mol. The smallest absolute Gasteiger partial charge is 0.224 e. The van der Waals surface area contributed by atoms with Gasteiger partial charge in [0.15, 0.2) is 0 Å². The lowest BCUT2D eigenvalue weighted by Gasteiger charge is -2.07. The van der Waals surface area contributed by atoms with Crippen molar-refractivity contribution in [3.05, 3.63) is 52.9 Å². The van der Waals surface area contributed by atoms with Gasteiger partial charge in [-0.1, -0.05) is 43.7 Å². The fourth-order valence-corrected chi connectivity index (χ4v) is 1.93. The molecule has 0 unspecified atom stereocenters. The number of rotatable bonds is 5. The Morgan fingerprint density at radius 1 is 1.17 bits per heavy atom. The molecule has 1 aromatic heterocycles. The number of halogens is 1. The molecule has 0 aliphatic rings. The summed E-state index contributed by atoms with van der Waals surface area (Å²) in [6, 6.07) is 12.1. The summed E-state index contributed by atoms with van der Waals surface area (Å²) in [5.41, 5.74) is 2.19.